The molecule has 12 heavy (non-hydrogen) atoms. The van der Waals surface area contributed by atoms with Crippen molar-refractivity contribution >= 4 is 15.9 Å². The summed E-state index contributed by atoms with van der Waals surface area (Å²) in [7, 11) is 2.30. The van der Waals surface area contributed by atoms with Crippen LogP contribution in [0.1, 0.15) is 43.6 Å². The SMILES string of the molecule is CCCCCCc1p[pH]nc1C. The Hall–Kier alpha value is 0.140. The van der Waals surface area contributed by atoms with Crippen LogP contribution in [0.5, 0.6) is 0 Å². The molecule has 68 valence electrons. The van der Waals surface area contributed by atoms with E-state index in [0.29, 0.717) is 0 Å². The van der Waals surface area contributed by atoms with E-state index in [1.807, 2.05) is 0 Å². The second kappa shape index (κ2) is 5.73. The Kier molecular flexibility index (Phi) is 4.88. The second-order valence-electron chi connectivity index (χ2n) is 3.17. The first-order valence-electron chi connectivity index (χ1n) is 4.71. The number of aromatic nitrogens is 1. The van der Waals surface area contributed by atoms with E-state index in [1.54, 1.807) is 5.30 Å². The molecule has 0 spiro atoms. The minimum Gasteiger partial charge on any atom is -0.241 e. The topological polar surface area (TPSA) is 12.9 Å². The summed E-state index contributed by atoms with van der Waals surface area (Å²) < 4.78 is 4.41. The summed E-state index contributed by atoms with van der Waals surface area (Å²) in [6.45, 7) is 4.41. The molecule has 0 bridgehead atoms. The van der Waals surface area contributed by atoms with Crippen molar-refractivity contribution < 1.29 is 0 Å². The van der Waals surface area contributed by atoms with Gasteiger partial charge in [0, 0.05) is 11.0 Å². The summed E-state index contributed by atoms with van der Waals surface area (Å²) >= 11 is 0. The Labute approximate surface area is 78.1 Å². The number of unbranched alkanes of at least 4 members (excludes halogenated alkanes) is 3. The fourth-order valence-electron chi connectivity index (χ4n) is 1.26. The fourth-order valence-corrected chi connectivity index (χ4v) is 4.08. The zero-order valence-electron chi connectivity index (χ0n) is 7.93. The van der Waals surface area contributed by atoms with Crippen LogP contribution in [0.15, 0.2) is 0 Å². The Balaban J connectivity index is 2.20. The molecule has 1 nitrogen and oxygen atoms in total. The third-order valence-corrected chi connectivity index (χ3v) is 4.85. The summed E-state index contributed by atoms with van der Waals surface area (Å²) in [4.78, 5) is 0. The quantitative estimate of drug-likeness (QED) is 0.653. The highest BCUT2D eigenvalue weighted by Gasteiger charge is 1.99. The number of hydrogen-bond acceptors (Lipinski definition) is 1. The molecule has 0 radical (unpaired) electrons. The first-order valence-corrected chi connectivity index (χ1v) is 7.39. The average molecular weight is 201 g/mol. The van der Waals surface area contributed by atoms with Gasteiger partial charge in [0.25, 0.3) is 0 Å². The lowest BCUT2D eigenvalue weighted by Gasteiger charge is -1.97. The number of hydrogen-bond donors (Lipinski definition) is 0. The van der Waals surface area contributed by atoms with Gasteiger partial charge in [-0.25, -0.2) is 4.75 Å². The number of aryl methyl sites for hydroxylation is 2. The van der Waals surface area contributed by atoms with Gasteiger partial charge in [0.05, 0.1) is 0 Å². The van der Waals surface area contributed by atoms with Crippen LogP contribution in [0.25, 0.3) is 0 Å². The molecular formula is C9H17NP2. The molecule has 0 aliphatic heterocycles. The maximum Gasteiger partial charge on any atom is 0.0495 e. The van der Waals surface area contributed by atoms with Crippen molar-refractivity contribution in [2.45, 2.75) is 46.0 Å². The van der Waals surface area contributed by atoms with Gasteiger partial charge < -0.3 is 0 Å². The largest absolute Gasteiger partial charge is 0.241 e. The molecule has 0 N–H and O–H groups in total. The van der Waals surface area contributed by atoms with Gasteiger partial charge in [-0.15, -0.1) is 0 Å². The second-order valence-corrected chi connectivity index (χ2v) is 5.62. The predicted octanol–water partition coefficient (Wildman–Crippen LogP) is 4.12. The minimum atomic E-state index is 0.805. The number of nitrogens with zero attached hydrogens (tertiary/aromatic N) is 1. The van der Waals surface area contributed by atoms with E-state index in [-0.39, 0.29) is 0 Å². The maximum absolute atomic E-state index is 4.41. The van der Waals surface area contributed by atoms with Crippen LogP contribution >= 0.6 is 15.9 Å². The van der Waals surface area contributed by atoms with Crippen LogP contribution in [-0.4, -0.2) is 4.75 Å². The first kappa shape index (κ1) is 10.2. The smallest absolute Gasteiger partial charge is 0.0495 e. The zero-order valence-corrected chi connectivity index (χ0v) is 9.82. The Bertz CT molecular complexity index is 220. The lowest BCUT2D eigenvalue weighted by atomic mass is 10.1. The van der Waals surface area contributed by atoms with Crippen LogP contribution in [0.3, 0.4) is 0 Å². The molecule has 0 saturated carbocycles. The third-order valence-electron chi connectivity index (χ3n) is 2.09. The van der Waals surface area contributed by atoms with Gasteiger partial charge in [0.2, 0.25) is 0 Å². The molecule has 0 saturated heterocycles. The van der Waals surface area contributed by atoms with Crippen molar-refractivity contribution in [3.05, 3.63) is 11.0 Å². The van der Waals surface area contributed by atoms with Crippen molar-refractivity contribution in [3.8, 4) is 0 Å². The molecule has 0 aromatic carbocycles. The Morgan fingerprint density at radius 3 is 2.75 bits per heavy atom. The van der Waals surface area contributed by atoms with Gasteiger partial charge in [-0.3, -0.25) is 0 Å². The monoisotopic (exact) mass is 201 g/mol. The van der Waals surface area contributed by atoms with Gasteiger partial charge >= 0.3 is 0 Å². The van der Waals surface area contributed by atoms with Crippen molar-refractivity contribution in [1.29, 1.82) is 0 Å². The average Bonchev–Trinajstić information content (AvgIpc) is 2.46. The van der Waals surface area contributed by atoms with Crippen LogP contribution in [0.4, 0.5) is 0 Å². The minimum absolute atomic E-state index is 0.805. The van der Waals surface area contributed by atoms with Crippen LogP contribution < -0.4 is 0 Å². The summed E-state index contributed by atoms with van der Waals surface area (Å²) in [6.07, 6.45) is 6.79. The molecule has 1 unspecified atom stereocenters. The predicted molar refractivity (Wildman–Crippen MR) is 58.8 cm³/mol. The molecule has 1 aromatic heterocycles. The normalized spacial score (nSPS) is 11.8. The molecule has 0 amide bonds. The third kappa shape index (κ3) is 3.25. The molecule has 0 aliphatic carbocycles. The van der Waals surface area contributed by atoms with E-state index in [2.05, 4.69) is 18.6 Å². The van der Waals surface area contributed by atoms with E-state index in [1.165, 1.54) is 45.7 Å². The molecule has 1 aromatic rings. The molecule has 1 atom stereocenters. The summed E-state index contributed by atoms with van der Waals surface area (Å²) in [6, 6.07) is 0. The van der Waals surface area contributed by atoms with Gasteiger partial charge in [-0.05, 0) is 35.7 Å². The summed E-state index contributed by atoms with van der Waals surface area (Å²) in [5.74, 6) is 0. The van der Waals surface area contributed by atoms with Crippen molar-refractivity contribution in [2.24, 2.45) is 0 Å². The van der Waals surface area contributed by atoms with E-state index in [0.717, 1.165) is 8.03 Å². The molecule has 0 fully saturated rings. The first-order chi connectivity index (χ1) is 5.84. The van der Waals surface area contributed by atoms with E-state index in [9.17, 15) is 0 Å². The lowest BCUT2D eigenvalue weighted by molar-refractivity contribution is 0.668. The molecular weight excluding hydrogens is 184 g/mol. The highest BCUT2D eigenvalue weighted by molar-refractivity contribution is 7.89. The van der Waals surface area contributed by atoms with E-state index >= 15 is 0 Å². The van der Waals surface area contributed by atoms with Crippen LogP contribution in [0, 0.1) is 6.92 Å². The van der Waals surface area contributed by atoms with Crippen LogP contribution in [0.2, 0.25) is 0 Å². The Morgan fingerprint density at radius 1 is 1.33 bits per heavy atom. The Morgan fingerprint density at radius 2 is 2.17 bits per heavy atom. The molecule has 3 heteroatoms. The molecule has 1 heterocycles. The maximum atomic E-state index is 4.41. The van der Waals surface area contributed by atoms with Crippen molar-refractivity contribution in [1.82, 2.24) is 4.75 Å². The van der Waals surface area contributed by atoms with Gasteiger partial charge in [0.15, 0.2) is 0 Å². The highest BCUT2D eigenvalue weighted by atomic mass is 31.8. The van der Waals surface area contributed by atoms with Crippen molar-refractivity contribution in [3.63, 3.8) is 0 Å². The van der Waals surface area contributed by atoms with E-state index < -0.39 is 0 Å². The highest BCUT2D eigenvalue weighted by Crippen LogP contribution is 2.28. The van der Waals surface area contributed by atoms with Crippen molar-refractivity contribution in [2.75, 3.05) is 0 Å². The van der Waals surface area contributed by atoms with Gasteiger partial charge in [-0.1, -0.05) is 26.2 Å². The zero-order chi connectivity index (χ0) is 8.81. The standard InChI is InChI=1S/C9H17NP2/c1-3-4-5-6-7-9-8(2)10-12-11-9/h12H,3-7H2,1-2H3. The molecule has 0 aliphatic rings. The summed E-state index contributed by atoms with van der Waals surface area (Å²) in [5.41, 5.74) is 1.33. The lowest BCUT2D eigenvalue weighted by Crippen LogP contribution is -1.84. The van der Waals surface area contributed by atoms with Crippen LogP contribution in [-0.2, 0) is 6.42 Å². The van der Waals surface area contributed by atoms with E-state index in [4.69, 9.17) is 0 Å². The number of rotatable bonds is 5. The fraction of sp³-hybridized carbons (Fsp3) is 0.778. The van der Waals surface area contributed by atoms with Gasteiger partial charge in [-0.2, -0.15) is 0 Å². The molecule has 1 rings (SSSR count). The summed E-state index contributed by atoms with van der Waals surface area (Å²) in [5, 5.41) is 1.60. The van der Waals surface area contributed by atoms with Gasteiger partial charge in [0.1, 0.15) is 0 Å².